The fourth-order valence-electron chi connectivity index (χ4n) is 3.78. The first-order valence-corrected chi connectivity index (χ1v) is 11.0. The van der Waals surface area contributed by atoms with Crippen LogP contribution in [0, 0.1) is 0 Å². The molecule has 154 valence electrons. The van der Waals surface area contributed by atoms with Gasteiger partial charge in [-0.3, -0.25) is 9.59 Å². The number of benzene rings is 2. The number of amides is 1. The molecule has 0 aliphatic heterocycles. The third kappa shape index (κ3) is 3.83. The molecular formula is C24H25N3O2S. The number of rotatable bonds is 7. The van der Waals surface area contributed by atoms with Crippen LogP contribution in [0.1, 0.15) is 23.0 Å². The van der Waals surface area contributed by atoms with E-state index < -0.39 is 0 Å². The van der Waals surface area contributed by atoms with Gasteiger partial charge in [0.05, 0.1) is 15.8 Å². The monoisotopic (exact) mass is 419 g/mol. The average Bonchev–Trinajstić information content (AvgIpc) is 3.24. The minimum absolute atomic E-state index is 0.0690. The van der Waals surface area contributed by atoms with Crippen LogP contribution in [0.2, 0.25) is 0 Å². The van der Waals surface area contributed by atoms with Crippen molar-refractivity contribution in [2.24, 2.45) is 7.05 Å². The molecule has 2 aromatic heterocycles. The molecule has 2 aromatic carbocycles. The predicted molar refractivity (Wildman–Crippen MR) is 126 cm³/mol. The summed E-state index contributed by atoms with van der Waals surface area (Å²) in [6.07, 6.45) is 0.851. The molecule has 4 rings (SSSR count). The van der Waals surface area contributed by atoms with Crippen molar-refractivity contribution >= 4 is 43.9 Å². The minimum atomic E-state index is -0.120. The van der Waals surface area contributed by atoms with Gasteiger partial charge in [-0.25, -0.2) is 0 Å². The number of anilines is 1. The highest BCUT2D eigenvalue weighted by molar-refractivity contribution is 7.21. The van der Waals surface area contributed by atoms with E-state index in [1.54, 1.807) is 17.7 Å². The standard InChI is InChI=1S/C24H25N3O2S/c1-3-27(17-10-5-4-6-11-17)15-9-14-25-23(28)21-16-19-22(30-21)18-12-7-8-13-20(18)26(2)24(19)29/h4-8,10-13,16H,3,9,14-15H2,1-2H3,(H,25,28). The van der Waals surface area contributed by atoms with Crippen LogP contribution in [0.4, 0.5) is 5.69 Å². The van der Waals surface area contributed by atoms with Gasteiger partial charge in [-0.05, 0) is 37.6 Å². The number of aryl methyl sites for hydroxylation is 1. The Morgan fingerprint density at radius 2 is 1.80 bits per heavy atom. The normalized spacial score (nSPS) is 11.1. The zero-order valence-corrected chi connectivity index (χ0v) is 18.0. The van der Waals surface area contributed by atoms with E-state index in [0.29, 0.717) is 16.8 Å². The zero-order chi connectivity index (χ0) is 21.1. The minimum Gasteiger partial charge on any atom is -0.372 e. The van der Waals surface area contributed by atoms with Gasteiger partial charge in [-0.15, -0.1) is 11.3 Å². The topological polar surface area (TPSA) is 54.3 Å². The van der Waals surface area contributed by atoms with E-state index in [1.165, 1.54) is 17.0 Å². The van der Waals surface area contributed by atoms with E-state index in [4.69, 9.17) is 0 Å². The molecule has 0 radical (unpaired) electrons. The van der Waals surface area contributed by atoms with Gasteiger partial charge in [0.1, 0.15) is 0 Å². The lowest BCUT2D eigenvalue weighted by Crippen LogP contribution is -2.29. The molecular weight excluding hydrogens is 394 g/mol. The number of carbonyl (C=O) groups excluding carboxylic acids is 1. The van der Waals surface area contributed by atoms with Gasteiger partial charge in [0.15, 0.2) is 0 Å². The quantitative estimate of drug-likeness (QED) is 0.452. The summed E-state index contributed by atoms with van der Waals surface area (Å²) in [7, 11) is 1.77. The molecule has 5 nitrogen and oxygen atoms in total. The number of carbonyl (C=O) groups is 1. The van der Waals surface area contributed by atoms with Crippen molar-refractivity contribution < 1.29 is 4.79 Å². The maximum absolute atomic E-state index is 12.7. The molecule has 2 heterocycles. The van der Waals surface area contributed by atoms with E-state index in [9.17, 15) is 9.59 Å². The summed E-state index contributed by atoms with van der Waals surface area (Å²) < 4.78 is 2.52. The van der Waals surface area contributed by atoms with Crippen molar-refractivity contribution in [2.75, 3.05) is 24.5 Å². The maximum Gasteiger partial charge on any atom is 0.261 e. The Morgan fingerprint density at radius 1 is 1.07 bits per heavy atom. The fraction of sp³-hybridized carbons (Fsp3) is 0.250. The van der Waals surface area contributed by atoms with Crippen LogP contribution in [0.5, 0.6) is 0 Å². The highest BCUT2D eigenvalue weighted by atomic mass is 32.1. The molecule has 0 atom stereocenters. The Balaban J connectivity index is 1.46. The lowest BCUT2D eigenvalue weighted by atomic mass is 10.2. The van der Waals surface area contributed by atoms with Crippen LogP contribution >= 0.6 is 11.3 Å². The van der Waals surface area contributed by atoms with Crippen LogP contribution in [0.15, 0.2) is 65.5 Å². The summed E-state index contributed by atoms with van der Waals surface area (Å²) in [6, 6.07) is 19.8. The number of nitrogens with one attached hydrogen (secondary N) is 1. The van der Waals surface area contributed by atoms with Gasteiger partial charge in [0, 0.05) is 42.5 Å². The lowest BCUT2D eigenvalue weighted by molar-refractivity contribution is 0.0957. The van der Waals surface area contributed by atoms with Gasteiger partial charge in [-0.1, -0.05) is 36.4 Å². The van der Waals surface area contributed by atoms with Gasteiger partial charge in [0.25, 0.3) is 11.5 Å². The largest absolute Gasteiger partial charge is 0.372 e. The van der Waals surface area contributed by atoms with Crippen molar-refractivity contribution in [1.82, 2.24) is 9.88 Å². The van der Waals surface area contributed by atoms with Crippen LogP contribution in [-0.4, -0.2) is 30.1 Å². The number of nitrogens with zero attached hydrogens (tertiary/aromatic N) is 2. The molecule has 30 heavy (non-hydrogen) atoms. The van der Waals surface area contributed by atoms with Crippen molar-refractivity contribution in [3.05, 3.63) is 75.9 Å². The van der Waals surface area contributed by atoms with E-state index >= 15 is 0 Å². The van der Waals surface area contributed by atoms with Crippen LogP contribution in [0.3, 0.4) is 0 Å². The Bertz CT molecular complexity index is 1240. The number of fused-ring (bicyclic) bond motifs is 3. The average molecular weight is 420 g/mol. The smallest absolute Gasteiger partial charge is 0.261 e. The third-order valence-corrected chi connectivity index (χ3v) is 6.56. The number of hydrogen-bond acceptors (Lipinski definition) is 4. The van der Waals surface area contributed by atoms with E-state index in [-0.39, 0.29) is 11.5 Å². The van der Waals surface area contributed by atoms with Crippen molar-refractivity contribution in [1.29, 1.82) is 0 Å². The second-order valence-corrected chi connectivity index (χ2v) is 8.31. The second-order valence-electron chi connectivity index (χ2n) is 7.26. The van der Waals surface area contributed by atoms with Gasteiger partial charge >= 0.3 is 0 Å². The summed E-state index contributed by atoms with van der Waals surface area (Å²) in [6.45, 7) is 4.52. The number of aromatic nitrogens is 1. The predicted octanol–water partition coefficient (Wildman–Crippen LogP) is 4.40. The highest BCUT2D eigenvalue weighted by Gasteiger charge is 2.16. The molecule has 0 fully saturated rings. The first-order valence-electron chi connectivity index (χ1n) is 10.2. The van der Waals surface area contributed by atoms with E-state index in [1.807, 2.05) is 42.5 Å². The first kappa shape index (κ1) is 20.2. The van der Waals surface area contributed by atoms with Crippen molar-refractivity contribution in [2.45, 2.75) is 13.3 Å². The Morgan fingerprint density at radius 3 is 2.57 bits per heavy atom. The van der Waals surface area contributed by atoms with Gasteiger partial charge < -0.3 is 14.8 Å². The summed E-state index contributed by atoms with van der Waals surface area (Å²) in [5.41, 5.74) is 2.00. The van der Waals surface area contributed by atoms with Gasteiger partial charge in [0.2, 0.25) is 0 Å². The molecule has 1 N–H and O–H groups in total. The molecule has 0 aliphatic rings. The summed E-state index contributed by atoms with van der Waals surface area (Å²) >= 11 is 1.39. The lowest BCUT2D eigenvalue weighted by Gasteiger charge is -2.23. The fourth-order valence-corrected chi connectivity index (χ4v) is 4.88. The number of pyridine rings is 1. The van der Waals surface area contributed by atoms with Crippen LogP contribution in [0.25, 0.3) is 21.0 Å². The van der Waals surface area contributed by atoms with Crippen LogP contribution in [-0.2, 0) is 7.05 Å². The molecule has 0 bridgehead atoms. The first-order chi connectivity index (χ1) is 14.6. The molecule has 0 spiro atoms. The third-order valence-electron chi connectivity index (χ3n) is 5.39. The summed E-state index contributed by atoms with van der Waals surface area (Å²) in [5.74, 6) is -0.120. The Kier molecular flexibility index (Phi) is 5.86. The Labute approximate surface area is 179 Å². The van der Waals surface area contributed by atoms with Crippen molar-refractivity contribution in [3.63, 3.8) is 0 Å². The molecule has 0 unspecified atom stereocenters. The molecule has 0 saturated heterocycles. The summed E-state index contributed by atoms with van der Waals surface area (Å²) in [4.78, 5) is 28.3. The zero-order valence-electron chi connectivity index (χ0n) is 17.2. The second kappa shape index (κ2) is 8.71. The molecule has 0 saturated carbocycles. The number of para-hydroxylation sites is 2. The SMILES string of the molecule is CCN(CCCNC(=O)c1cc2c(=O)n(C)c3ccccc3c2s1)c1ccccc1. The maximum atomic E-state index is 12.7. The van der Waals surface area contributed by atoms with Crippen molar-refractivity contribution in [3.8, 4) is 0 Å². The molecule has 4 aromatic rings. The Hall–Kier alpha value is -3.12. The number of hydrogen-bond donors (Lipinski definition) is 1. The van der Waals surface area contributed by atoms with E-state index in [2.05, 4.69) is 29.3 Å². The van der Waals surface area contributed by atoms with E-state index in [0.717, 1.165) is 35.1 Å². The van der Waals surface area contributed by atoms with Gasteiger partial charge in [-0.2, -0.15) is 0 Å². The number of thiophene rings is 1. The molecule has 0 aliphatic carbocycles. The highest BCUT2D eigenvalue weighted by Crippen LogP contribution is 2.30. The molecule has 6 heteroatoms. The van der Waals surface area contributed by atoms with Crippen LogP contribution < -0.4 is 15.8 Å². The molecule has 1 amide bonds. The summed E-state index contributed by atoms with van der Waals surface area (Å²) in [5, 5.41) is 4.61.